The van der Waals surface area contributed by atoms with Crippen LogP contribution in [0.25, 0.3) is 11.4 Å². The molecule has 1 aliphatic carbocycles. The molecule has 3 aromatic rings. The van der Waals surface area contributed by atoms with Crippen LogP contribution in [0.2, 0.25) is 0 Å². The van der Waals surface area contributed by atoms with E-state index in [-0.39, 0.29) is 17.9 Å². The molecule has 2 N–H and O–H groups in total. The highest BCUT2D eigenvalue weighted by atomic mass is 16.5. The first-order valence-corrected chi connectivity index (χ1v) is 11.5. The second-order valence-corrected chi connectivity index (χ2v) is 8.89. The lowest BCUT2D eigenvalue weighted by molar-refractivity contribution is -0.143. The molecule has 1 saturated carbocycles. The lowest BCUT2D eigenvalue weighted by Crippen LogP contribution is -2.29. The summed E-state index contributed by atoms with van der Waals surface area (Å²) in [5.74, 6) is 1.44. The van der Waals surface area contributed by atoms with Crippen LogP contribution in [0.15, 0.2) is 18.7 Å². The summed E-state index contributed by atoms with van der Waals surface area (Å²) in [6.07, 6.45) is 7.63. The Morgan fingerprint density at radius 3 is 2.79 bits per heavy atom. The fourth-order valence-electron chi connectivity index (χ4n) is 4.05. The lowest BCUT2D eigenvalue weighted by atomic mass is 9.87. The summed E-state index contributed by atoms with van der Waals surface area (Å²) >= 11 is 0. The quantitative estimate of drug-likeness (QED) is 0.508. The molecule has 0 saturated heterocycles. The average molecular weight is 467 g/mol. The molecule has 3 aromatic heterocycles. The molecule has 0 radical (unpaired) electrons. The van der Waals surface area contributed by atoms with E-state index in [1.54, 1.807) is 17.1 Å². The van der Waals surface area contributed by atoms with Crippen LogP contribution in [0.1, 0.15) is 62.7 Å². The number of nitrogens with zero attached hydrogens (tertiary/aromatic N) is 7. The Morgan fingerprint density at radius 2 is 2.06 bits per heavy atom. The minimum Gasteiger partial charge on any atom is -0.487 e. The van der Waals surface area contributed by atoms with Gasteiger partial charge in [-0.1, -0.05) is 13.8 Å². The van der Waals surface area contributed by atoms with E-state index in [1.807, 2.05) is 27.8 Å². The van der Waals surface area contributed by atoms with Crippen LogP contribution in [0, 0.1) is 12.8 Å². The van der Waals surface area contributed by atoms with Crippen molar-refractivity contribution < 1.29 is 14.6 Å². The van der Waals surface area contributed by atoms with Gasteiger partial charge in [-0.15, -0.1) is 0 Å². The van der Waals surface area contributed by atoms with E-state index in [1.165, 1.54) is 6.33 Å². The summed E-state index contributed by atoms with van der Waals surface area (Å²) in [7, 11) is 1.86. The molecule has 1 fully saturated rings. The molecular formula is C23H30N8O3. The zero-order valence-electron chi connectivity index (χ0n) is 19.9. The van der Waals surface area contributed by atoms with Gasteiger partial charge in [0, 0.05) is 13.0 Å². The smallest absolute Gasteiger partial charge is 0.306 e. The van der Waals surface area contributed by atoms with Gasteiger partial charge in [0.15, 0.2) is 11.6 Å². The molecule has 0 bridgehead atoms. The number of nitrogens with one attached hydrogen (secondary N) is 1. The van der Waals surface area contributed by atoms with Crippen LogP contribution >= 0.6 is 0 Å². The topological polar surface area (TPSA) is 141 Å². The maximum absolute atomic E-state index is 11.3. The third-order valence-corrected chi connectivity index (χ3v) is 6.03. The van der Waals surface area contributed by atoms with Crippen molar-refractivity contribution in [2.45, 2.75) is 65.0 Å². The molecule has 0 spiro atoms. The van der Waals surface area contributed by atoms with E-state index in [0.29, 0.717) is 42.6 Å². The fraction of sp³-hybridized carbons (Fsp3) is 0.522. The van der Waals surface area contributed by atoms with Crippen molar-refractivity contribution in [2.24, 2.45) is 13.0 Å². The number of ether oxygens (including phenoxy) is 1. The molecule has 11 nitrogen and oxygen atoms in total. The number of aryl methyl sites for hydroxylation is 2. The monoisotopic (exact) mass is 466 g/mol. The normalized spacial score (nSPS) is 18.1. The highest BCUT2D eigenvalue weighted by Crippen LogP contribution is 2.30. The van der Waals surface area contributed by atoms with Crippen LogP contribution in [0.5, 0.6) is 5.75 Å². The molecule has 0 aliphatic heterocycles. The number of carbonyl (C=O) groups is 1. The first-order chi connectivity index (χ1) is 16.3. The number of hydrogen-bond donors (Lipinski definition) is 2. The van der Waals surface area contributed by atoms with E-state index in [4.69, 9.17) is 4.74 Å². The second-order valence-electron chi connectivity index (χ2n) is 8.89. The summed E-state index contributed by atoms with van der Waals surface area (Å²) < 4.78 is 7.85. The van der Waals surface area contributed by atoms with E-state index >= 15 is 0 Å². The lowest BCUT2D eigenvalue weighted by Gasteiger charge is -2.27. The molecule has 2 atom stereocenters. The molecule has 0 aromatic carbocycles. The number of carboxylic acid groups (broad SMARTS) is 1. The van der Waals surface area contributed by atoms with Gasteiger partial charge in [-0.2, -0.15) is 10.1 Å². The van der Waals surface area contributed by atoms with Gasteiger partial charge in [-0.05, 0) is 32.6 Å². The largest absolute Gasteiger partial charge is 0.487 e. The Balaban J connectivity index is 1.48. The Hall–Kier alpha value is -3.63. The molecule has 3 heterocycles. The Labute approximate surface area is 198 Å². The minimum absolute atomic E-state index is 0.141. The summed E-state index contributed by atoms with van der Waals surface area (Å²) in [6.45, 7) is 6.37. The number of carboxylic acids is 1. The Morgan fingerprint density at radius 1 is 1.24 bits per heavy atom. The molecule has 0 unspecified atom stereocenters. The molecule has 4 rings (SSSR count). The third-order valence-electron chi connectivity index (χ3n) is 6.03. The van der Waals surface area contributed by atoms with Crippen molar-refractivity contribution in [3.63, 3.8) is 0 Å². The van der Waals surface area contributed by atoms with Crippen molar-refractivity contribution in [3.05, 3.63) is 35.9 Å². The maximum Gasteiger partial charge on any atom is 0.306 e. The number of aromatic nitrogens is 7. The Bertz CT molecular complexity index is 1160. The molecule has 1 aliphatic rings. The van der Waals surface area contributed by atoms with Gasteiger partial charge in [0.1, 0.15) is 12.2 Å². The molecule has 180 valence electrons. The number of hydrogen-bond acceptors (Lipinski definition) is 9. The van der Waals surface area contributed by atoms with E-state index in [2.05, 4.69) is 35.3 Å². The van der Waals surface area contributed by atoms with Gasteiger partial charge in [-0.25, -0.2) is 19.9 Å². The molecule has 11 heteroatoms. The minimum atomic E-state index is -0.757. The van der Waals surface area contributed by atoms with Crippen molar-refractivity contribution in [1.29, 1.82) is 0 Å². The van der Waals surface area contributed by atoms with Gasteiger partial charge in [0.25, 0.3) is 0 Å². The van der Waals surface area contributed by atoms with Crippen LogP contribution in [0.3, 0.4) is 0 Å². The maximum atomic E-state index is 11.3. The van der Waals surface area contributed by atoms with E-state index < -0.39 is 5.97 Å². The van der Waals surface area contributed by atoms with Crippen LogP contribution < -0.4 is 10.1 Å². The van der Waals surface area contributed by atoms with Crippen molar-refractivity contribution in [1.82, 2.24) is 34.7 Å². The molecule has 0 amide bonds. The second kappa shape index (κ2) is 10.1. The van der Waals surface area contributed by atoms with Crippen molar-refractivity contribution in [3.8, 4) is 17.1 Å². The van der Waals surface area contributed by atoms with Gasteiger partial charge in [-0.3, -0.25) is 9.48 Å². The predicted molar refractivity (Wildman–Crippen MR) is 124 cm³/mol. The molecule has 34 heavy (non-hydrogen) atoms. The van der Waals surface area contributed by atoms with Gasteiger partial charge >= 0.3 is 5.97 Å². The van der Waals surface area contributed by atoms with Crippen LogP contribution in [0.4, 0.5) is 5.95 Å². The zero-order chi connectivity index (χ0) is 24.2. The van der Waals surface area contributed by atoms with Gasteiger partial charge in [0.05, 0.1) is 47.9 Å². The first-order valence-electron chi connectivity index (χ1n) is 11.5. The van der Waals surface area contributed by atoms with Crippen molar-refractivity contribution >= 4 is 11.9 Å². The third kappa shape index (κ3) is 5.29. The first kappa shape index (κ1) is 23.5. The van der Waals surface area contributed by atoms with Gasteiger partial charge < -0.3 is 15.2 Å². The average Bonchev–Trinajstić information content (AvgIpc) is 3.19. The number of rotatable bonds is 8. The van der Waals surface area contributed by atoms with E-state index in [9.17, 15) is 9.90 Å². The molecular weight excluding hydrogens is 436 g/mol. The van der Waals surface area contributed by atoms with Gasteiger partial charge in [0.2, 0.25) is 5.95 Å². The highest BCUT2D eigenvalue weighted by Gasteiger charge is 2.28. The van der Waals surface area contributed by atoms with Crippen molar-refractivity contribution in [2.75, 3.05) is 5.32 Å². The highest BCUT2D eigenvalue weighted by molar-refractivity contribution is 5.70. The standard InChI is InChI=1S/C23H30N8O3/c1-13(2)20-26-12-27-23(30-20)25-10-18-17(9-28-31(18)4)21-24-11-19(14(3)29-21)34-16-7-5-6-15(8-16)22(32)33/h9,11-13,15-16H,5-8,10H2,1-4H3,(H,32,33)(H,25,26,27,30)/t15-,16-/m0/s1. The summed E-state index contributed by atoms with van der Waals surface area (Å²) in [5.41, 5.74) is 2.38. The SMILES string of the molecule is Cc1nc(-c2cnn(C)c2CNc2ncnc(C(C)C)n2)ncc1O[C@H]1CCC[C@H](C(=O)O)C1. The number of aliphatic carboxylic acids is 1. The fourth-order valence-corrected chi connectivity index (χ4v) is 4.05. The predicted octanol–water partition coefficient (Wildman–Crippen LogP) is 3.13. The number of anilines is 1. The summed E-state index contributed by atoms with van der Waals surface area (Å²) in [6, 6.07) is 0. The summed E-state index contributed by atoms with van der Waals surface area (Å²) in [5, 5.41) is 16.9. The van der Waals surface area contributed by atoms with Crippen LogP contribution in [-0.2, 0) is 18.4 Å². The van der Waals surface area contributed by atoms with E-state index in [0.717, 1.165) is 29.9 Å². The Kier molecular flexibility index (Phi) is 6.99. The summed E-state index contributed by atoms with van der Waals surface area (Å²) in [4.78, 5) is 33.4. The van der Waals surface area contributed by atoms with Crippen LogP contribution in [-0.4, -0.2) is 51.9 Å². The zero-order valence-corrected chi connectivity index (χ0v) is 19.9.